The van der Waals surface area contributed by atoms with E-state index in [0.717, 1.165) is 0 Å². The summed E-state index contributed by atoms with van der Waals surface area (Å²) in [7, 11) is 0. The first-order chi connectivity index (χ1) is 13.1. The highest BCUT2D eigenvalue weighted by molar-refractivity contribution is 5.93. The molecule has 1 aliphatic heterocycles. The van der Waals surface area contributed by atoms with E-state index in [-0.39, 0.29) is 30.3 Å². The van der Waals surface area contributed by atoms with E-state index in [1.807, 2.05) is 33.8 Å². The highest BCUT2D eigenvalue weighted by Crippen LogP contribution is 2.33. The van der Waals surface area contributed by atoms with Gasteiger partial charge in [0.05, 0.1) is 5.92 Å². The van der Waals surface area contributed by atoms with Crippen LogP contribution in [0.3, 0.4) is 0 Å². The number of ether oxygens (including phenoxy) is 1. The van der Waals surface area contributed by atoms with Crippen molar-refractivity contribution in [2.24, 2.45) is 17.8 Å². The topological polar surface area (TPSA) is 95.9 Å². The van der Waals surface area contributed by atoms with Crippen LogP contribution in [0.25, 0.3) is 0 Å². The van der Waals surface area contributed by atoms with Gasteiger partial charge in [-0.05, 0) is 51.2 Å². The number of anilines is 1. The summed E-state index contributed by atoms with van der Waals surface area (Å²) in [5.41, 5.74) is 0.0699. The molecule has 1 saturated heterocycles. The monoisotopic (exact) mass is 390 g/mol. The van der Waals surface area contributed by atoms with Crippen molar-refractivity contribution in [3.8, 4) is 0 Å². The SMILES string of the molecule is CC1CN(C(=O)OC(C)(C)C)CCC1C(CC(=O)Nc1ccccc1)C(=O)O. The number of piperidine rings is 1. The summed E-state index contributed by atoms with van der Waals surface area (Å²) in [5.74, 6) is -2.32. The molecule has 3 unspecified atom stereocenters. The summed E-state index contributed by atoms with van der Waals surface area (Å²) in [5, 5.41) is 12.4. The first-order valence-corrected chi connectivity index (χ1v) is 9.62. The van der Waals surface area contributed by atoms with Crippen molar-refractivity contribution in [1.29, 1.82) is 0 Å². The number of carboxylic acids is 1. The van der Waals surface area contributed by atoms with Crippen LogP contribution in [0.2, 0.25) is 0 Å². The van der Waals surface area contributed by atoms with Gasteiger partial charge in [0.1, 0.15) is 5.60 Å². The number of nitrogens with one attached hydrogen (secondary N) is 1. The highest BCUT2D eigenvalue weighted by Gasteiger charge is 2.39. The molecule has 0 saturated carbocycles. The predicted molar refractivity (Wildman–Crippen MR) is 106 cm³/mol. The minimum absolute atomic E-state index is 0.0492. The first-order valence-electron chi connectivity index (χ1n) is 9.62. The Morgan fingerprint density at radius 2 is 1.89 bits per heavy atom. The number of para-hydroxylation sites is 1. The molecule has 2 amide bonds. The Morgan fingerprint density at radius 1 is 1.25 bits per heavy atom. The molecule has 1 heterocycles. The number of nitrogens with zero attached hydrogens (tertiary/aromatic N) is 1. The fourth-order valence-corrected chi connectivity index (χ4v) is 3.61. The maximum absolute atomic E-state index is 12.3. The van der Waals surface area contributed by atoms with Gasteiger partial charge in [-0.25, -0.2) is 4.79 Å². The third-order valence-electron chi connectivity index (χ3n) is 4.92. The second-order valence-corrected chi connectivity index (χ2v) is 8.42. The third-order valence-corrected chi connectivity index (χ3v) is 4.92. The molecular weight excluding hydrogens is 360 g/mol. The Kier molecular flexibility index (Phi) is 7.05. The van der Waals surface area contributed by atoms with Gasteiger partial charge in [-0.3, -0.25) is 9.59 Å². The summed E-state index contributed by atoms with van der Waals surface area (Å²) in [6, 6.07) is 8.97. The van der Waals surface area contributed by atoms with Crippen LogP contribution in [0.5, 0.6) is 0 Å². The molecular formula is C21H30N2O5. The van der Waals surface area contributed by atoms with Gasteiger partial charge >= 0.3 is 12.1 Å². The maximum atomic E-state index is 12.3. The van der Waals surface area contributed by atoms with E-state index in [4.69, 9.17) is 4.74 Å². The lowest BCUT2D eigenvalue weighted by atomic mass is 9.76. The van der Waals surface area contributed by atoms with E-state index in [0.29, 0.717) is 25.2 Å². The Bertz CT molecular complexity index is 698. The summed E-state index contributed by atoms with van der Waals surface area (Å²) in [6.07, 6.45) is 0.0493. The van der Waals surface area contributed by atoms with Gasteiger partial charge in [0.2, 0.25) is 5.91 Å². The summed E-state index contributed by atoms with van der Waals surface area (Å²) >= 11 is 0. The number of carbonyl (C=O) groups is 3. The van der Waals surface area contributed by atoms with E-state index in [1.54, 1.807) is 29.2 Å². The highest BCUT2D eigenvalue weighted by atomic mass is 16.6. The van der Waals surface area contributed by atoms with Crippen molar-refractivity contribution >= 4 is 23.7 Å². The summed E-state index contributed by atoms with van der Waals surface area (Å²) < 4.78 is 5.41. The zero-order chi connectivity index (χ0) is 20.9. The standard InChI is InChI=1S/C21H30N2O5/c1-14-13-23(20(27)28-21(2,3)4)11-10-16(14)17(19(25)26)12-18(24)22-15-8-6-5-7-9-15/h5-9,14,16-17H,10-13H2,1-4H3,(H,22,24)(H,25,26). The normalized spacial score (nSPS) is 20.9. The Balaban J connectivity index is 1.98. The Morgan fingerprint density at radius 3 is 2.43 bits per heavy atom. The second kappa shape index (κ2) is 9.08. The molecule has 1 fully saturated rings. The van der Waals surface area contributed by atoms with Gasteiger partial charge in [-0.1, -0.05) is 25.1 Å². The van der Waals surface area contributed by atoms with Crippen LogP contribution < -0.4 is 5.32 Å². The maximum Gasteiger partial charge on any atom is 0.410 e. The fraction of sp³-hybridized carbons (Fsp3) is 0.571. The lowest BCUT2D eigenvalue weighted by molar-refractivity contribution is -0.147. The van der Waals surface area contributed by atoms with E-state index in [9.17, 15) is 19.5 Å². The van der Waals surface area contributed by atoms with E-state index in [2.05, 4.69) is 5.32 Å². The van der Waals surface area contributed by atoms with Crippen molar-refractivity contribution in [1.82, 2.24) is 4.90 Å². The Hall–Kier alpha value is -2.57. The number of amides is 2. The molecule has 3 atom stereocenters. The van der Waals surface area contributed by atoms with Crippen LogP contribution in [-0.4, -0.2) is 46.7 Å². The molecule has 2 N–H and O–H groups in total. The van der Waals surface area contributed by atoms with Crippen molar-refractivity contribution in [3.05, 3.63) is 30.3 Å². The number of aliphatic carboxylic acids is 1. The first kappa shape index (κ1) is 21.7. The minimum atomic E-state index is -0.981. The smallest absolute Gasteiger partial charge is 0.410 e. The molecule has 7 heteroatoms. The summed E-state index contributed by atoms with van der Waals surface area (Å²) in [6.45, 7) is 8.20. The Labute approximate surface area is 166 Å². The van der Waals surface area contributed by atoms with Crippen LogP contribution in [0.4, 0.5) is 10.5 Å². The zero-order valence-corrected chi connectivity index (χ0v) is 17.0. The van der Waals surface area contributed by atoms with E-state index >= 15 is 0 Å². The van der Waals surface area contributed by atoms with E-state index < -0.39 is 17.5 Å². The lowest BCUT2D eigenvalue weighted by Gasteiger charge is -2.39. The van der Waals surface area contributed by atoms with Gasteiger partial charge in [0.15, 0.2) is 0 Å². The van der Waals surface area contributed by atoms with Crippen LogP contribution in [0.15, 0.2) is 30.3 Å². The molecule has 1 aromatic rings. The molecule has 28 heavy (non-hydrogen) atoms. The van der Waals surface area contributed by atoms with Crippen molar-refractivity contribution < 1.29 is 24.2 Å². The number of rotatable bonds is 5. The van der Waals surface area contributed by atoms with Gasteiger partial charge in [-0.15, -0.1) is 0 Å². The number of hydrogen-bond donors (Lipinski definition) is 2. The molecule has 2 rings (SSSR count). The number of carboxylic acid groups (broad SMARTS) is 1. The minimum Gasteiger partial charge on any atom is -0.481 e. The average Bonchev–Trinajstić information content (AvgIpc) is 2.59. The lowest BCUT2D eigenvalue weighted by Crippen LogP contribution is -2.48. The second-order valence-electron chi connectivity index (χ2n) is 8.42. The number of hydrogen-bond acceptors (Lipinski definition) is 4. The molecule has 0 bridgehead atoms. The molecule has 0 radical (unpaired) electrons. The van der Waals surface area contributed by atoms with Crippen LogP contribution in [0, 0.1) is 17.8 Å². The van der Waals surface area contributed by atoms with Crippen LogP contribution in [-0.2, 0) is 14.3 Å². The molecule has 1 aliphatic rings. The quantitative estimate of drug-likeness (QED) is 0.801. The number of benzene rings is 1. The molecule has 0 aliphatic carbocycles. The van der Waals surface area contributed by atoms with Gasteiger partial charge in [0.25, 0.3) is 0 Å². The van der Waals surface area contributed by atoms with Crippen molar-refractivity contribution in [2.75, 3.05) is 18.4 Å². The molecule has 0 spiro atoms. The predicted octanol–water partition coefficient (Wildman–Crippen LogP) is 3.61. The molecule has 0 aromatic heterocycles. The van der Waals surface area contributed by atoms with Crippen molar-refractivity contribution in [3.63, 3.8) is 0 Å². The van der Waals surface area contributed by atoms with Crippen LogP contribution >= 0.6 is 0 Å². The number of carbonyl (C=O) groups excluding carboxylic acids is 2. The zero-order valence-electron chi connectivity index (χ0n) is 17.0. The van der Waals surface area contributed by atoms with E-state index in [1.165, 1.54) is 0 Å². The van der Waals surface area contributed by atoms with Crippen LogP contribution in [0.1, 0.15) is 40.5 Å². The summed E-state index contributed by atoms with van der Waals surface area (Å²) in [4.78, 5) is 38.1. The molecule has 1 aromatic carbocycles. The van der Waals surface area contributed by atoms with Gasteiger partial charge in [-0.2, -0.15) is 0 Å². The van der Waals surface area contributed by atoms with Crippen molar-refractivity contribution in [2.45, 2.75) is 46.1 Å². The molecule has 154 valence electrons. The van der Waals surface area contributed by atoms with Gasteiger partial charge < -0.3 is 20.1 Å². The third kappa shape index (κ3) is 6.25. The average molecular weight is 390 g/mol. The van der Waals surface area contributed by atoms with Gasteiger partial charge in [0, 0.05) is 25.2 Å². The number of likely N-dealkylation sites (tertiary alicyclic amines) is 1. The largest absolute Gasteiger partial charge is 0.481 e. The fourth-order valence-electron chi connectivity index (χ4n) is 3.61. The molecule has 7 nitrogen and oxygen atoms in total.